The van der Waals surface area contributed by atoms with Crippen molar-refractivity contribution in [1.29, 1.82) is 0 Å². The second kappa shape index (κ2) is 7.01. The second-order valence-corrected chi connectivity index (χ2v) is 6.88. The molecular formula is C12H15BrO4S. The highest BCUT2D eigenvalue weighted by atomic mass is 79.9. The van der Waals surface area contributed by atoms with E-state index >= 15 is 0 Å². The van der Waals surface area contributed by atoms with Crippen molar-refractivity contribution in [2.75, 3.05) is 25.2 Å². The van der Waals surface area contributed by atoms with Crippen LogP contribution >= 0.6 is 15.9 Å². The minimum absolute atomic E-state index is 0.0307. The van der Waals surface area contributed by atoms with Crippen LogP contribution in [0, 0.1) is 0 Å². The van der Waals surface area contributed by atoms with Gasteiger partial charge in [0, 0.05) is 23.8 Å². The molecule has 0 saturated carbocycles. The minimum Gasteiger partial charge on any atom is -0.385 e. The van der Waals surface area contributed by atoms with Gasteiger partial charge in [-0.05, 0) is 12.5 Å². The van der Waals surface area contributed by atoms with E-state index in [0.717, 1.165) is 0 Å². The Morgan fingerprint density at radius 1 is 1.33 bits per heavy atom. The van der Waals surface area contributed by atoms with Crippen LogP contribution in [0.4, 0.5) is 0 Å². The van der Waals surface area contributed by atoms with Gasteiger partial charge in [0.25, 0.3) is 0 Å². The summed E-state index contributed by atoms with van der Waals surface area (Å²) in [5.41, 5.74) is 0.396. The molecule has 0 spiro atoms. The van der Waals surface area contributed by atoms with E-state index in [9.17, 15) is 13.2 Å². The number of ketones is 1. The minimum atomic E-state index is -3.37. The van der Waals surface area contributed by atoms with Crippen molar-refractivity contribution >= 4 is 31.6 Å². The van der Waals surface area contributed by atoms with Crippen LogP contribution < -0.4 is 0 Å². The summed E-state index contributed by atoms with van der Waals surface area (Å²) in [7, 11) is -1.86. The number of methoxy groups -OCH3 is 1. The molecule has 0 heterocycles. The Kier molecular flexibility index (Phi) is 5.98. The highest BCUT2D eigenvalue weighted by Gasteiger charge is 2.19. The predicted octanol–water partition coefficient (Wildman–Crippen LogP) is 2.08. The van der Waals surface area contributed by atoms with Gasteiger partial charge in [-0.15, -0.1) is 0 Å². The monoisotopic (exact) mass is 334 g/mol. The summed E-state index contributed by atoms with van der Waals surface area (Å²) >= 11 is 3.23. The van der Waals surface area contributed by atoms with Crippen molar-refractivity contribution in [2.45, 2.75) is 6.42 Å². The zero-order chi connectivity index (χ0) is 13.6. The molecule has 0 radical (unpaired) electrons. The summed E-state index contributed by atoms with van der Waals surface area (Å²) in [5.74, 6) is -0.879. The molecule has 0 aliphatic carbocycles. The van der Waals surface area contributed by atoms with Gasteiger partial charge in [0.2, 0.25) is 0 Å². The molecule has 0 unspecified atom stereocenters. The Bertz CT molecular complexity index is 511. The van der Waals surface area contributed by atoms with E-state index in [-0.39, 0.29) is 11.5 Å². The first-order valence-corrected chi connectivity index (χ1v) is 8.05. The van der Waals surface area contributed by atoms with Crippen molar-refractivity contribution in [3.05, 3.63) is 34.3 Å². The fourth-order valence-electron chi connectivity index (χ4n) is 1.46. The third-order valence-corrected chi connectivity index (χ3v) is 4.63. The quantitative estimate of drug-likeness (QED) is 0.565. The first-order chi connectivity index (χ1) is 8.46. The molecule has 1 aromatic rings. The number of halogens is 1. The van der Waals surface area contributed by atoms with Crippen LogP contribution in [0.25, 0.3) is 0 Å². The molecule has 0 saturated heterocycles. The molecule has 4 nitrogen and oxygen atoms in total. The average Bonchev–Trinajstić information content (AvgIpc) is 2.29. The Hall–Kier alpha value is -0.720. The molecule has 0 atom stereocenters. The summed E-state index contributed by atoms with van der Waals surface area (Å²) in [6.45, 7) is 0.377. The van der Waals surface area contributed by atoms with Gasteiger partial charge in [0.15, 0.2) is 15.6 Å². The van der Waals surface area contributed by atoms with Gasteiger partial charge in [-0.3, -0.25) is 4.79 Å². The number of Topliss-reactive ketones (excluding diaryl/α,β-unsaturated/α-hetero) is 1. The second-order valence-electron chi connectivity index (χ2n) is 3.84. The van der Waals surface area contributed by atoms with Crippen molar-refractivity contribution in [2.24, 2.45) is 0 Å². The number of ether oxygens (including phenoxy) is 1. The third kappa shape index (κ3) is 4.88. The summed E-state index contributed by atoms with van der Waals surface area (Å²) in [6.07, 6.45) is 0.405. The maximum atomic E-state index is 11.9. The third-order valence-electron chi connectivity index (χ3n) is 2.33. The fraction of sp³-hybridized carbons (Fsp3) is 0.417. The molecule has 0 aromatic heterocycles. The van der Waals surface area contributed by atoms with Crippen LogP contribution in [0.1, 0.15) is 16.8 Å². The van der Waals surface area contributed by atoms with Crippen molar-refractivity contribution in [3.63, 3.8) is 0 Å². The first kappa shape index (κ1) is 15.3. The molecule has 6 heteroatoms. The number of hydrogen-bond acceptors (Lipinski definition) is 4. The van der Waals surface area contributed by atoms with E-state index < -0.39 is 15.6 Å². The molecule has 100 valence electrons. The average molecular weight is 335 g/mol. The Morgan fingerprint density at radius 2 is 2.00 bits per heavy atom. The summed E-state index contributed by atoms with van der Waals surface area (Å²) < 4.78 is 28.8. The zero-order valence-corrected chi connectivity index (χ0v) is 12.5. The number of carbonyl (C=O) groups excluding carboxylic acids is 1. The van der Waals surface area contributed by atoms with Gasteiger partial charge >= 0.3 is 0 Å². The Morgan fingerprint density at radius 3 is 2.61 bits per heavy atom. The lowest BCUT2D eigenvalue weighted by molar-refractivity contribution is 0.102. The van der Waals surface area contributed by atoms with Crippen LogP contribution in [0.3, 0.4) is 0 Å². The number of carbonyl (C=O) groups is 1. The molecule has 0 aliphatic heterocycles. The van der Waals surface area contributed by atoms with Gasteiger partial charge in [0.1, 0.15) is 5.75 Å². The lowest BCUT2D eigenvalue weighted by atomic mass is 10.1. The van der Waals surface area contributed by atoms with Crippen molar-refractivity contribution < 1.29 is 17.9 Å². The molecular weight excluding hydrogens is 320 g/mol. The van der Waals surface area contributed by atoms with E-state index in [1.807, 2.05) is 0 Å². The van der Waals surface area contributed by atoms with E-state index in [4.69, 9.17) is 4.74 Å². The van der Waals surface area contributed by atoms with Crippen LogP contribution in [0.2, 0.25) is 0 Å². The van der Waals surface area contributed by atoms with Gasteiger partial charge < -0.3 is 4.74 Å². The van der Waals surface area contributed by atoms with Crippen molar-refractivity contribution in [3.8, 4) is 0 Å². The molecule has 0 aliphatic rings. The molecule has 0 fully saturated rings. The first-order valence-electron chi connectivity index (χ1n) is 5.43. The highest BCUT2D eigenvalue weighted by Crippen LogP contribution is 2.17. The molecule has 1 aromatic carbocycles. The van der Waals surface area contributed by atoms with Gasteiger partial charge in [0.05, 0.1) is 5.75 Å². The number of benzene rings is 1. The molecule has 0 bridgehead atoms. The summed E-state index contributed by atoms with van der Waals surface area (Å²) in [5, 5.41) is 0. The number of sulfone groups is 1. The van der Waals surface area contributed by atoms with Crippen LogP contribution in [0.15, 0.2) is 28.7 Å². The lowest BCUT2D eigenvalue weighted by Crippen LogP contribution is -2.20. The zero-order valence-electron chi connectivity index (χ0n) is 10.1. The Balaban J connectivity index is 2.68. The highest BCUT2D eigenvalue weighted by molar-refractivity contribution is 9.10. The Labute approximate surface area is 115 Å². The maximum absolute atomic E-state index is 11.9. The topological polar surface area (TPSA) is 60.4 Å². The standard InChI is InChI=1S/C12H15BrO4S/c1-17-7-4-8-18(15,16)9-12(14)10-5-2-3-6-11(10)13/h2-3,5-6H,4,7-9H2,1H3. The largest absolute Gasteiger partial charge is 0.385 e. The number of hydrogen-bond donors (Lipinski definition) is 0. The van der Waals surface area contributed by atoms with Crippen LogP contribution in [-0.4, -0.2) is 39.4 Å². The van der Waals surface area contributed by atoms with Crippen LogP contribution in [0.5, 0.6) is 0 Å². The van der Waals surface area contributed by atoms with Gasteiger partial charge in [-0.25, -0.2) is 8.42 Å². The number of rotatable bonds is 7. The van der Waals surface area contributed by atoms with E-state index in [0.29, 0.717) is 23.1 Å². The van der Waals surface area contributed by atoms with E-state index in [1.54, 1.807) is 24.3 Å². The van der Waals surface area contributed by atoms with Crippen molar-refractivity contribution in [1.82, 2.24) is 0 Å². The molecule has 1 rings (SSSR count). The fourth-order valence-corrected chi connectivity index (χ4v) is 3.22. The van der Waals surface area contributed by atoms with Gasteiger partial charge in [-0.1, -0.05) is 34.1 Å². The molecule has 0 N–H and O–H groups in total. The summed E-state index contributed by atoms with van der Waals surface area (Å²) in [4.78, 5) is 11.9. The predicted molar refractivity (Wildman–Crippen MR) is 73.6 cm³/mol. The normalized spacial score (nSPS) is 11.4. The lowest BCUT2D eigenvalue weighted by Gasteiger charge is -2.05. The van der Waals surface area contributed by atoms with Crippen LogP contribution in [-0.2, 0) is 14.6 Å². The maximum Gasteiger partial charge on any atom is 0.178 e. The summed E-state index contributed by atoms with van der Waals surface area (Å²) in [6, 6.07) is 6.80. The molecule has 0 amide bonds. The van der Waals surface area contributed by atoms with E-state index in [2.05, 4.69) is 15.9 Å². The SMILES string of the molecule is COCCCS(=O)(=O)CC(=O)c1ccccc1Br. The smallest absolute Gasteiger partial charge is 0.178 e. The molecule has 18 heavy (non-hydrogen) atoms. The van der Waals surface area contributed by atoms with E-state index in [1.165, 1.54) is 7.11 Å². The van der Waals surface area contributed by atoms with Gasteiger partial charge in [-0.2, -0.15) is 0 Å².